The SMILES string of the molecule is Cc1ncsc1CN(C)c1nc2ccccn2c1CN. The van der Waals surface area contributed by atoms with E-state index in [2.05, 4.69) is 14.9 Å². The van der Waals surface area contributed by atoms with E-state index in [1.54, 1.807) is 11.3 Å². The van der Waals surface area contributed by atoms with Gasteiger partial charge in [0.25, 0.3) is 0 Å². The Kier molecular flexibility index (Phi) is 3.42. The molecule has 0 aromatic carbocycles. The lowest BCUT2D eigenvalue weighted by atomic mass is 10.3. The molecule has 3 heterocycles. The quantitative estimate of drug-likeness (QED) is 0.799. The summed E-state index contributed by atoms with van der Waals surface area (Å²) in [4.78, 5) is 12.4. The molecule has 0 fully saturated rings. The third-order valence-electron chi connectivity index (χ3n) is 3.39. The van der Waals surface area contributed by atoms with Gasteiger partial charge in [-0.1, -0.05) is 6.07 Å². The van der Waals surface area contributed by atoms with Gasteiger partial charge in [0.2, 0.25) is 0 Å². The van der Waals surface area contributed by atoms with Crippen LogP contribution in [0.15, 0.2) is 29.9 Å². The van der Waals surface area contributed by atoms with Crippen LogP contribution in [0.2, 0.25) is 0 Å². The highest BCUT2D eigenvalue weighted by molar-refractivity contribution is 7.09. The van der Waals surface area contributed by atoms with Crippen molar-refractivity contribution in [2.45, 2.75) is 20.0 Å². The molecule has 0 amide bonds. The van der Waals surface area contributed by atoms with Crippen molar-refractivity contribution in [3.8, 4) is 0 Å². The molecule has 0 bridgehead atoms. The summed E-state index contributed by atoms with van der Waals surface area (Å²) in [7, 11) is 2.04. The molecule has 5 nitrogen and oxygen atoms in total. The molecule has 0 atom stereocenters. The molecule has 3 rings (SSSR count). The lowest BCUT2D eigenvalue weighted by molar-refractivity contribution is 0.876. The standard InChI is InChI=1S/C14H17N5S/c1-10-12(20-9-16-10)8-18(2)14-11(7-15)19-6-4-3-5-13(19)17-14/h3-6,9H,7-8,15H2,1-2H3. The Morgan fingerprint density at radius 2 is 2.25 bits per heavy atom. The zero-order chi connectivity index (χ0) is 14.1. The van der Waals surface area contributed by atoms with Gasteiger partial charge in [0.15, 0.2) is 5.82 Å². The van der Waals surface area contributed by atoms with Gasteiger partial charge in [-0.2, -0.15) is 0 Å². The van der Waals surface area contributed by atoms with Gasteiger partial charge in [-0.05, 0) is 19.1 Å². The van der Waals surface area contributed by atoms with Gasteiger partial charge in [0.05, 0.1) is 23.4 Å². The van der Waals surface area contributed by atoms with Crippen LogP contribution in [0.5, 0.6) is 0 Å². The molecule has 6 heteroatoms. The zero-order valence-corrected chi connectivity index (χ0v) is 12.4. The molecule has 104 valence electrons. The van der Waals surface area contributed by atoms with Crippen molar-refractivity contribution in [2.75, 3.05) is 11.9 Å². The minimum absolute atomic E-state index is 0.465. The van der Waals surface area contributed by atoms with E-state index in [0.29, 0.717) is 6.54 Å². The second-order valence-electron chi connectivity index (χ2n) is 4.73. The number of nitrogens with zero attached hydrogens (tertiary/aromatic N) is 4. The number of hydrogen-bond acceptors (Lipinski definition) is 5. The number of pyridine rings is 1. The van der Waals surface area contributed by atoms with E-state index >= 15 is 0 Å². The van der Waals surface area contributed by atoms with E-state index in [1.165, 1.54) is 4.88 Å². The second kappa shape index (κ2) is 5.22. The summed E-state index contributed by atoms with van der Waals surface area (Å²) in [5.74, 6) is 0.937. The number of aryl methyl sites for hydroxylation is 1. The van der Waals surface area contributed by atoms with Gasteiger partial charge >= 0.3 is 0 Å². The third kappa shape index (κ3) is 2.17. The highest BCUT2D eigenvalue weighted by Crippen LogP contribution is 2.23. The summed E-state index contributed by atoms with van der Waals surface area (Å²) < 4.78 is 2.05. The highest BCUT2D eigenvalue weighted by atomic mass is 32.1. The Bertz CT molecular complexity index is 730. The monoisotopic (exact) mass is 287 g/mol. The summed E-state index contributed by atoms with van der Waals surface area (Å²) in [6.45, 7) is 3.30. The molecule has 0 spiro atoms. The largest absolute Gasteiger partial charge is 0.353 e. The van der Waals surface area contributed by atoms with Gasteiger partial charge in [0.1, 0.15) is 5.65 Å². The summed E-state index contributed by atoms with van der Waals surface area (Å²) >= 11 is 1.67. The van der Waals surface area contributed by atoms with Crippen LogP contribution in [-0.2, 0) is 13.1 Å². The number of aromatic nitrogens is 3. The first kappa shape index (κ1) is 13.1. The zero-order valence-electron chi connectivity index (χ0n) is 11.6. The molecule has 20 heavy (non-hydrogen) atoms. The number of thiazole rings is 1. The minimum atomic E-state index is 0.465. The third-order valence-corrected chi connectivity index (χ3v) is 4.31. The summed E-state index contributed by atoms with van der Waals surface area (Å²) in [6.07, 6.45) is 2.00. The van der Waals surface area contributed by atoms with Crippen molar-refractivity contribution in [1.82, 2.24) is 14.4 Å². The predicted octanol–water partition coefficient (Wildman–Crippen LogP) is 2.19. The molecule has 0 saturated carbocycles. The van der Waals surface area contributed by atoms with Gasteiger partial charge in [-0.15, -0.1) is 11.3 Å². The van der Waals surface area contributed by atoms with Crippen molar-refractivity contribution < 1.29 is 0 Å². The molecule has 0 aliphatic rings. The molecule has 0 unspecified atom stereocenters. The molecule has 0 saturated heterocycles. The number of fused-ring (bicyclic) bond motifs is 1. The van der Waals surface area contributed by atoms with Crippen LogP contribution < -0.4 is 10.6 Å². The molecular formula is C14H17N5S. The lowest BCUT2D eigenvalue weighted by Gasteiger charge is -2.17. The summed E-state index contributed by atoms with van der Waals surface area (Å²) in [6, 6.07) is 5.97. The van der Waals surface area contributed by atoms with Crippen LogP contribution >= 0.6 is 11.3 Å². The van der Waals surface area contributed by atoms with E-state index in [9.17, 15) is 0 Å². The summed E-state index contributed by atoms with van der Waals surface area (Å²) in [5, 5.41) is 0. The van der Waals surface area contributed by atoms with Gasteiger partial charge in [-0.3, -0.25) is 0 Å². The van der Waals surface area contributed by atoms with E-state index in [-0.39, 0.29) is 0 Å². The van der Waals surface area contributed by atoms with E-state index < -0.39 is 0 Å². The summed E-state index contributed by atoms with van der Waals surface area (Å²) in [5.41, 5.74) is 10.8. The molecule has 0 aliphatic heterocycles. The second-order valence-corrected chi connectivity index (χ2v) is 5.67. The number of nitrogens with two attached hydrogens (primary N) is 1. The van der Waals surface area contributed by atoms with Gasteiger partial charge in [-0.25, -0.2) is 9.97 Å². The molecular weight excluding hydrogens is 270 g/mol. The van der Waals surface area contributed by atoms with Crippen LogP contribution in [-0.4, -0.2) is 21.4 Å². The van der Waals surface area contributed by atoms with Crippen molar-refractivity contribution in [1.29, 1.82) is 0 Å². The average Bonchev–Trinajstić information content (AvgIpc) is 3.02. The smallest absolute Gasteiger partial charge is 0.152 e. The maximum Gasteiger partial charge on any atom is 0.152 e. The molecule has 3 aromatic heterocycles. The maximum atomic E-state index is 5.91. The predicted molar refractivity (Wildman–Crippen MR) is 82.0 cm³/mol. The number of rotatable bonds is 4. The van der Waals surface area contributed by atoms with Crippen LogP contribution in [0.1, 0.15) is 16.3 Å². The Hall–Kier alpha value is -1.92. The van der Waals surface area contributed by atoms with Crippen LogP contribution in [0.3, 0.4) is 0 Å². The van der Waals surface area contributed by atoms with E-state index in [1.807, 2.05) is 48.3 Å². The van der Waals surface area contributed by atoms with E-state index in [4.69, 9.17) is 5.73 Å². The number of imidazole rings is 1. The topological polar surface area (TPSA) is 59.5 Å². The Labute approximate surface area is 121 Å². The fourth-order valence-corrected chi connectivity index (χ4v) is 3.13. The van der Waals surface area contributed by atoms with Crippen LogP contribution in [0.25, 0.3) is 5.65 Å². The Balaban J connectivity index is 1.98. The van der Waals surface area contributed by atoms with Crippen molar-refractivity contribution in [3.05, 3.63) is 46.2 Å². The fraction of sp³-hybridized carbons (Fsp3) is 0.286. The van der Waals surface area contributed by atoms with Gasteiger partial charge in [0, 0.05) is 24.7 Å². The maximum absolute atomic E-state index is 5.91. The van der Waals surface area contributed by atoms with Gasteiger partial charge < -0.3 is 15.0 Å². The Morgan fingerprint density at radius 1 is 1.40 bits per heavy atom. The molecule has 3 aromatic rings. The Morgan fingerprint density at radius 3 is 2.95 bits per heavy atom. The molecule has 2 N–H and O–H groups in total. The first-order valence-electron chi connectivity index (χ1n) is 6.47. The van der Waals surface area contributed by atoms with Crippen molar-refractivity contribution >= 4 is 22.8 Å². The van der Waals surface area contributed by atoms with Crippen molar-refractivity contribution in [2.24, 2.45) is 5.73 Å². The fourth-order valence-electron chi connectivity index (χ4n) is 2.30. The highest BCUT2D eigenvalue weighted by Gasteiger charge is 2.15. The molecule has 0 radical (unpaired) electrons. The number of hydrogen-bond donors (Lipinski definition) is 1. The first-order valence-corrected chi connectivity index (χ1v) is 7.34. The molecule has 0 aliphatic carbocycles. The lowest BCUT2D eigenvalue weighted by Crippen LogP contribution is -2.19. The normalized spacial score (nSPS) is 11.2. The van der Waals surface area contributed by atoms with E-state index in [0.717, 1.165) is 29.4 Å². The van der Waals surface area contributed by atoms with Crippen LogP contribution in [0.4, 0.5) is 5.82 Å². The number of anilines is 1. The van der Waals surface area contributed by atoms with Crippen LogP contribution in [0, 0.1) is 6.92 Å². The van der Waals surface area contributed by atoms with Crippen molar-refractivity contribution in [3.63, 3.8) is 0 Å². The first-order chi connectivity index (χ1) is 9.70. The minimum Gasteiger partial charge on any atom is -0.353 e. The average molecular weight is 287 g/mol.